The molecule has 0 amide bonds. The molecule has 0 aromatic carbocycles. The molecular formula is C15H22CuO2. The van der Waals surface area contributed by atoms with E-state index in [-0.39, 0.29) is 34.7 Å². The zero-order valence-corrected chi connectivity index (χ0v) is 11.6. The summed E-state index contributed by atoms with van der Waals surface area (Å²) in [7, 11) is 0. The summed E-state index contributed by atoms with van der Waals surface area (Å²) < 4.78 is 0. The number of ketones is 1. The Hall–Kier alpha value is -0.531. The van der Waals surface area contributed by atoms with Gasteiger partial charge >= 0.3 is 0 Å². The molecular weight excluding hydrogens is 276 g/mol. The molecule has 1 fully saturated rings. The van der Waals surface area contributed by atoms with Gasteiger partial charge in [0.2, 0.25) is 0 Å². The van der Waals surface area contributed by atoms with E-state index in [9.17, 15) is 9.90 Å². The van der Waals surface area contributed by atoms with Crippen molar-refractivity contribution in [2.75, 3.05) is 0 Å². The van der Waals surface area contributed by atoms with Crippen LogP contribution in [0.4, 0.5) is 0 Å². The Balaban J connectivity index is 0.00000162. The predicted octanol–water partition coefficient (Wildman–Crippen LogP) is 3.93. The van der Waals surface area contributed by atoms with Crippen molar-refractivity contribution in [1.82, 2.24) is 0 Å². The van der Waals surface area contributed by atoms with Crippen molar-refractivity contribution < 1.29 is 27.0 Å². The van der Waals surface area contributed by atoms with Crippen molar-refractivity contribution >= 4 is 5.78 Å². The predicted molar refractivity (Wildman–Crippen MR) is 68.8 cm³/mol. The van der Waals surface area contributed by atoms with Gasteiger partial charge in [0.05, 0.1) is 5.76 Å². The van der Waals surface area contributed by atoms with E-state index in [1.165, 1.54) is 12.5 Å². The van der Waals surface area contributed by atoms with Gasteiger partial charge in [0.25, 0.3) is 0 Å². The Morgan fingerprint density at radius 2 is 1.78 bits per heavy atom. The van der Waals surface area contributed by atoms with Crippen LogP contribution >= 0.6 is 0 Å². The first-order valence-corrected chi connectivity index (χ1v) is 6.87. The molecule has 0 saturated heterocycles. The van der Waals surface area contributed by atoms with Gasteiger partial charge in [0, 0.05) is 35.0 Å². The number of carbonyl (C=O) groups excluding carboxylic acids is 1. The van der Waals surface area contributed by atoms with Crippen LogP contribution in [0.25, 0.3) is 0 Å². The fourth-order valence-corrected chi connectivity index (χ4v) is 2.83. The third-order valence-corrected chi connectivity index (χ3v) is 3.99. The van der Waals surface area contributed by atoms with Gasteiger partial charge in [0.1, 0.15) is 0 Å². The third kappa shape index (κ3) is 4.29. The minimum Gasteiger partial charge on any atom is -0.512 e. The quantitative estimate of drug-likeness (QED) is 0.371. The van der Waals surface area contributed by atoms with E-state index in [4.69, 9.17) is 0 Å². The van der Waals surface area contributed by atoms with Gasteiger partial charge in [0.15, 0.2) is 5.78 Å². The number of hydrogen-bond donors (Lipinski definition) is 1. The van der Waals surface area contributed by atoms with Crippen molar-refractivity contribution in [2.24, 2.45) is 11.8 Å². The smallest absolute Gasteiger partial charge is 0.162 e. The van der Waals surface area contributed by atoms with Gasteiger partial charge in [-0.3, -0.25) is 4.79 Å². The second kappa shape index (κ2) is 7.81. The molecule has 1 saturated carbocycles. The molecule has 2 nitrogen and oxygen atoms in total. The third-order valence-electron chi connectivity index (χ3n) is 3.99. The van der Waals surface area contributed by atoms with E-state index in [2.05, 4.69) is 12.2 Å². The second-order valence-corrected chi connectivity index (χ2v) is 5.29. The molecule has 18 heavy (non-hydrogen) atoms. The summed E-state index contributed by atoms with van der Waals surface area (Å²) in [5.74, 6) is 0.805. The van der Waals surface area contributed by atoms with Crippen molar-refractivity contribution in [3.8, 4) is 0 Å². The van der Waals surface area contributed by atoms with E-state index in [0.717, 1.165) is 44.9 Å². The SMILES string of the molecule is O=C(/C=C(\O)C1CC=CCC1)C1CCCCC1.[Cu]. The summed E-state index contributed by atoms with van der Waals surface area (Å²) in [6, 6.07) is 0. The number of rotatable bonds is 3. The molecule has 1 radical (unpaired) electrons. The normalized spacial score (nSPS) is 25.6. The topological polar surface area (TPSA) is 37.3 Å². The van der Waals surface area contributed by atoms with Crippen molar-refractivity contribution in [3.05, 3.63) is 24.0 Å². The van der Waals surface area contributed by atoms with Crippen LogP contribution in [0, 0.1) is 11.8 Å². The van der Waals surface area contributed by atoms with E-state index in [0.29, 0.717) is 5.76 Å². The molecule has 2 aliphatic carbocycles. The van der Waals surface area contributed by atoms with E-state index >= 15 is 0 Å². The maximum atomic E-state index is 12.0. The minimum absolute atomic E-state index is 0. The Labute approximate surface area is 120 Å². The Morgan fingerprint density at radius 3 is 2.39 bits per heavy atom. The van der Waals surface area contributed by atoms with E-state index < -0.39 is 0 Å². The molecule has 0 aromatic heterocycles. The Morgan fingerprint density at radius 1 is 1.06 bits per heavy atom. The molecule has 0 spiro atoms. The number of aliphatic hydroxyl groups excluding tert-OH is 1. The molecule has 0 heterocycles. The van der Waals surface area contributed by atoms with Gasteiger partial charge in [-0.05, 0) is 32.1 Å². The second-order valence-electron chi connectivity index (χ2n) is 5.29. The molecule has 1 N–H and O–H groups in total. The van der Waals surface area contributed by atoms with E-state index in [1.54, 1.807) is 0 Å². The first kappa shape index (κ1) is 15.5. The van der Waals surface area contributed by atoms with Crippen LogP contribution < -0.4 is 0 Å². The average Bonchev–Trinajstić information content (AvgIpc) is 2.40. The molecule has 2 rings (SSSR count). The van der Waals surface area contributed by atoms with Gasteiger partial charge < -0.3 is 5.11 Å². The minimum atomic E-state index is 0. The van der Waals surface area contributed by atoms with Gasteiger partial charge in [-0.15, -0.1) is 0 Å². The zero-order valence-electron chi connectivity index (χ0n) is 10.7. The maximum absolute atomic E-state index is 12.0. The molecule has 1 atom stereocenters. The Kier molecular flexibility index (Phi) is 6.73. The summed E-state index contributed by atoms with van der Waals surface area (Å²) in [6.45, 7) is 0. The zero-order chi connectivity index (χ0) is 12.1. The standard InChI is InChI=1S/C15H22O2.Cu/c16-14(12-7-3-1-4-8-12)11-15(17)13-9-5-2-6-10-13;/h1,3,11-13,16H,2,4-10H2;/b14-11-;. The molecule has 2 aliphatic rings. The van der Waals surface area contributed by atoms with Crippen LogP contribution in [0.5, 0.6) is 0 Å². The largest absolute Gasteiger partial charge is 0.512 e. The summed E-state index contributed by atoms with van der Waals surface area (Å²) >= 11 is 0. The van der Waals surface area contributed by atoms with Crippen molar-refractivity contribution in [2.45, 2.75) is 51.4 Å². The summed E-state index contributed by atoms with van der Waals surface area (Å²) in [5, 5.41) is 9.98. The molecule has 105 valence electrons. The van der Waals surface area contributed by atoms with Gasteiger partial charge in [-0.25, -0.2) is 0 Å². The molecule has 1 unspecified atom stereocenters. The number of carbonyl (C=O) groups is 1. The first-order valence-electron chi connectivity index (χ1n) is 6.87. The molecule has 3 heteroatoms. The fraction of sp³-hybridized carbons (Fsp3) is 0.667. The van der Waals surface area contributed by atoms with Crippen LogP contribution in [0.3, 0.4) is 0 Å². The summed E-state index contributed by atoms with van der Waals surface area (Å²) in [5.41, 5.74) is 0. The van der Waals surface area contributed by atoms with Crippen LogP contribution in [-0.4, -0.2) is 10.9 Å². The van der Waals surface area contributed by atoms with Gasteiger partial charge in [-0.1, -0.05) is 31.4 Å². The summed E-state index contributed by atoms with van der Waals surface area (Å²) in [6.07, 6.45) is 14.2. The average molecular weight is 298 g/mol. The monoisotopic (exact) mass is 297 g/mol. The number of aliphatic hydroxyl groups is 1. The maximum Gasteiger partial charge on any atom is 0.162 e. The van der Waals surface area contributed by atoms with Gasteiger partial charge in [-0.2, -0.15) is 0 Å². The van der Waals surface area contributed by atoms with Crippen LogP contribution in [0.2, 0.25) is 0 Å². The Bertz CT molecular complexity index is 327. The first-order chi connectivity index (χ1) is 8.27. The van der Waals surface area contributed by atoms with Crippen molar-refractivity contribution in [1.29, 1.82) is 0 Å². The van der Waals surface area contributed by atoms with E-state index in [1.807, 2.05) is 0 Å². The fourth-order valence-electron chi connectivity index (χ4n) is 2.83. The molecule has 0 aliphatic heterocycles. The van der Waals surface area contributed by atoms with Crippen LogP contribution in [0.15, 0.2) is 24.0 Å². The summed E-state index contributed by atoms with van der Waals surface area (Å²) in [4.78, 5) is 12.0. The molecule has 0 aromatic rings. The molecule has 0 bridgehead atoms. The van der Waals surface area contributed by atoms with Crippen molar-refractivity contribution in [3.63, 3.8) is 0 Å². The van der Waals surface area contributed by atoms with Crippen LogP contribution in [0.1, 0.15) is 51.4 Å². The number of hydrogen-bond acceptors (Lipinski definition) is 2. The number of allylic oxidation sites excluding steroid dienone is 4. The van der Waals surface area contributed by atoms with Crippen LogP contribution in [-0.2, 0) is 21.9 Å².